The van der Waals surface area contributed by atoms with Crippen LogP contribution in [0.15, 0.2) is 54.6 Å². The Kier molecular flexibility index (Phi) is 5.52. The SMILES string of the molecule is NC(=O)NC(=O)[C@H](NCc1ccccc1Cl)c1ccccc1. The van der Waals surface area contributed by atoms with Gasteiger partial charge in [0.2, 0.25) is 5.91 Å². The van der Waals surface area contributed by atoms with E-state index in [9.17, 15) is 9.59 Å². The highest BCUT2D eigenvalue weighted by molar-refractivity contribution is 6.31. The quantitative estimate of drug-likeness (QED) is 0.791. The van der Waals surface area contributed by atoms with Crippen LogP contribution < -0.4 is 16.4 Å². The van der Waals surface area contributed by atoms with Gasteiger partial charge in [0.05, 0.1) is 0 Å². The molecular formula is C16H16ClN3O2. The zero-order chi connectivity index (χ0) is 15.9. The number of carbonyl (C=O) groups is 2. The van der Waals surface area contributed by atoms with Gasteiger partial charge in [0.1, 0.15) is 6.04 Å². The largest absolute Gasteiger partial charge is 0.351 e. The van der Waals surface area contributed by atoms with Gasteiger partial charge in [-0.2, -0.15) is 0 Å². The van der Waals surface area contributed by atoms with Crippen LogP contribution in [0, 0.1) is 0 Å². The molecule has 1 atom stereocenters. The molecule has 6 heteroatoms. The van der Waals surface area contributed by atoms with Crippen molar-refractivity contribution in [3.05, 3.63) is 70.7 Å². The number of hydrogen-bond donors (Lipinski definition) is 3. The molecule has 22 heavy (non-hydrogen) atoms. The Morgan fingerprint density at radius 3 is 2.32 bits per heavy atom. The number of rotatable bonds is 5. The molecule has 3 amide bonds. The summed E-state index contributed by atoms with van der Waals surface area (Å²) in [6, 6.07) is 14.8. The molecule has 4 N–H and O–H groups in total. The maximum atomic E-state index is 12.2. The lowest BCUT2D eigenvalue weighted by Crippen LogP contribution is -2.42. The van der Waals surface area contributed by atoms with Crippen molar-refractivity contribution in [1.82, 2.24) is 10.6 Å². The first-order valence-electron chi connectivity index (χ1n) is 6.70. The molecule has 0 bridgehead atoms. The number of nitrogens with two attached hydrogens (primary N) is 1. The number of nitrogens with one attached hydrogen (secondary N) is 2. The highest BCUT2D eigenvalue weighted by Crippen LogP contribution is 2.18. The predicted molar refractivity (Wildman–Crippen MR) is 85.2 cm³/mol. The molecule has 0 saturated heterocycles. The van der Waals surface area contributed by atoms with Crippen molar-refractivity contribution in [2.45, 2.75) is 12.6 Å². The first-order valence-corrected chi connectivity index (χ1v) is 7.08. The Morgan fingerprint density at radius 2 is 1.68 bits per heavy atom. The second-order valence-electron chi connectivity index (χ2n) is 4.67. The second kappa shape index (κ2) is 7.59. The molecular weight excluding hydrogens is 302 g/mol. The van der Waals surface area contributed by atoms with Crippen LogP contribution in [0.4, 0.5) is 4.79 Å². The van der Waals surface area contributed by atoms with Gasteiger partial charge in [-0.1, -0.05) is 60.1 Å². The minimum absolute atomic E-state index is 0.380. The van der Waals surface area contributed by atoms with Crippen LogP contribution in [0.25, 0.3) is 0 Å². The van der Waals surface area contributed by atoms with Crippen molar-refractivity contribution in [3.63, 3.8) is 0 Å². The molecule has 0 unspecified atom stereocenters. The average Bonchev–Trinajstić information content (AvgIpc) is 2.49. The fourth-order valence-corrected chi connectivity index (χ4v) is 2.26. The molecule has 0 fully saturated rings. The van der Waals surface area contributed by atoms with Crippen LogP contribution in [-0.2, 0) is 11.3 Å². The van der Waals surface area contributed by atoms with Gasteiger partial charge in [-0.25, -0.2) is 4.79 Å². The van der Waals surface area contributed by atoms with E-state index < -0.39 is 18.0 Å². The van der Waals surface area contributed by atoms with E-state index in [1.54, 1.807) is 18.2 Å². The Bertz CT molecular complexity index is 661. The minimum Gasteiger partial charge on any atom is -0.351 e. The first kappa shape index (κ1) is 16.0. The zero-order valence-electron chi connectivity index (χ0n) is 11.8. The molecule has 2 aromatic carbocycles. The molecule has 0 aliphatic rings. The number of hydrogen-bond acceptors (Lipinski definition) is 3. The normalized spacial score (nSPS) is 11.7. The van der Waals surface area contributed by atoms with E-state index >= 15 is 0 Å². The van der Waals surface area contributed by atoms with Crippen molar-refractivity contribution >= 4 is 23.5 Å². The smallest absolute Gasteiger partial charge is 0.318 e. The van der Waals surface area contributed by atoms with Crippen LogP contribution in [0.1, 0.15) is 17.2 Å². The summed E-state index contributed by atoms with van der Waals surface area (Å²) in [4.78, 5) is 23.1. The monoisotopic (exact) mass is 317 g/mol. The summed E-state index contributed by atoms with van der Waals surface area (Å²) in [6.07, 6.45) is 0. The van der Waals surface area contributed by atoms with E-state index in [0.717, 1.165) is 11.1 Å². The van der Waals surface area contributed by atoms with Crippen LogP contribution in [0.5, 0.6) is 0 Å². The summed E-state index contributed by atoms with van der Waals surface area (Å²) < 4.78 is 0. The number of amides is 3. The molecule has 0 radical (unpaired) electrons. The number of urea groups is 1. The highest BCUT2D eigenvalue weighted by Gasteiger charge is 2.21. The summed E-state index contributed by atoms with van der Waals surface area (Å²) in [6.45, 7) is 0.380. The average molecular weight is 318 g/mol. The molecule has 0 saturated carbocycles. The Morgan fingerprint density at radius 1 is 1.05 bits per heavy atom. The molecule has 2 aromatic rings. The summed E-state index contributed by atoms with van der Waals surface area (Å²) in [5.41, 5.74) is 6.61. The van der Waals surface area contributed by atoms with Gasteiger partial charge in [-0.3, -0.25) is 15.4 Å². The lowest BCUT2D eigenvalue weighted by atomic mass is 10.1. The fourth-order valence-electron chi connectivity index (χ4n) is 2.05. The molecule has 0 aliphatic carbocycles. The summed E-state index contributed by atoms with van der Waals surface area (Å²) in [5, 5.41) is 5.80. The Balaban J connectivity index is 2.16. The van der Waals surface area contributed by atoms with Gasteiger partial charge < -0.3 is 5.73 Å². The second-order valence-corrected chi connectivity index (χ2v) is 5.08. The number of benzene rings is 2. The molecule has 0 heterocycles. The van der Waals surface area contributed by atoms with Gasteiger partial charge in [-0.15, -0.1) is 0 Å². The Labute approximate surface area is 133 Å². The van der Waals surface area contributed by atoms with Crippen LogP contribution in [0.3, 0.4) is 0 Å². The first-order chi connectivity index (χ1) is 10.6. The van der Waals surface area contributed by atoms with Crippen molar-refractivity contribution in [1.29, 1.82) is 0 Å². The summed E-state index contributed by atoms with van der Waals surface area (Å²) in [5.74, 6) is -0.509. The fraction of sp³-hybridized carbons (Fsp3) is 0.125. The third-order valence-corrected chi connectivity index (χ3v) is 3.46. The molecule has 0 aromatic heterocycles. The number of primary amides is 1. The van der Waals surface area contributed by atoms with E-state index in [-0.39, 0.29) is 0 Å². The topological polar surface area (TPSA) is 84.2 Å². The van der Waals surface area contributed by atoms with Gasteiger partial charge in [0, 0.05) is 11.6 Å². The van der Waals surface area contributed by atoms with Crippen LogP contribution in [-0.4, -0.2) is 11.9 Å². The molecule has 0 aliphatic heterocycles. The van der Waals surface area contributed by atoms with Gasteiger partial charge in [0.15, 0.2) is 0 Å². The maximum absolute atomic E-state index is 12.2. The van der Waals surface area contributed by atoms with E-state index in [1.807, 2.05) is 36.4 Å². The zero-order valence-corrected chi connectivity index (χ0v) is 12.5. The molecule has 0 spiro atoms. The van der Waals surface area contributed by atoms with E-state index in [4.69, 9.17) is 17.3 Å². The lowest BCUT2D eigenvalue weighted by Gasteiger charge is -2.18. The third-order valence-electron chi connectivity index (χ3n) is 3.10. The standard InChI is InChI=1S/C16H16ClN3O2/c17-13-9-5-4-8-12(13)10-19-14(15(21)20-16(18)22)11-6-2-1-3-7-11/h1-9,14,19H,10H2,(H3,18,20,21,22)/t14-/m1/s1. The lowest BCUT2D eigenvalue weighted by molar-refractivity contribution is -0.122. The van der Waals surface area contributed by atoms with E-state index in [2.05, 4.69) is 10.6 Å². The van der Waals surface area contributed by atoms with Crippen molar-refractivity contribution < 1.29 is 9.59 Å². The van der Waals surface area contributed by atoms with E-state index in [1.165, 1.54) is 0 Å². The highest BCUT2D eigenvalue weighted by atomic mass is 35.5. The summed E-state index contributed by atoms with van der Waals surface area (Å²) >= 11 is 6.10. The summed E-state index contributed by atoms with van der Waals surface area (Å²) in [7, 11) is 0. The van der Waals surface area contributed by atoms with E-state index in [0.29, 0.717) is 11.6 Å². The molecule has 114 valence electrons. The third kappa shape index (κ3) is 4.31. The predicted octanol–water partition coefficient (Wildman–Crippen LogP) is 2.37. The van der Waals surface area contributed by atoms with Crippen molar-refractivity contribution in [2.75, 3.05) is 0 Å². The molecule has 2 rings (SSSR count). The van der Waals surface area contributed by atoms with Crippen LogP contribution >= 0.6 is 11.6 Å². The minimum atomic E-state index is -0.884. The Hall–Kier alpha value is -2.37. The number of halogens is 1. The van der Waals surface area contributed by atoms with Crippen LogP contribution in [0.2, 0.25) is 5.02 Å². The van der Waals surface area contributed by atoms with Crippen molar-refractivity contribution in [2.24, 2.45) is 5.73 Å². The van der Waals surface area contributed by atoms with Crippen molar-refractivity contribution in [3.8, 4) is 0 Å². The number of imide groups is 1. The number of carbonyl (C=O) groups excluding carboxylic acids is 2. The van der Waals surface area contributed by atoms with Gasteiger partial charge >= 0.3 is 6.03 Å². The van der Waals surface area contributed by atoms with Gasteiger partial charge in [0.25, 0.3) is 0 Å². The molecule has 5 nitrogen and oxygen atoms in total. The maximum Gasteiger partial charge on any atom is 0.318 e. The van der Waals surface area contributed by atoms with Gasteiger partial charge in [-0.05, 0) is 17.2 Å².